The number of benzene rings is 1. The van der Waals surface area contributed by atoms with E-state index in [9.17, 15) is 13.6 Å². The lowest BCUT2D eigenvalue weighted by molar-refractivity contribution is -0.120. The van der Waals surface area contributed by atoms with Gasteiger partial charge in [-0.25, -0.2) is 8.78 Å². The van der Waals surface area contributed by atoms with Crippen LogP contribution in [0.5, 0.6) is 0 Å². The highest BCUT2D eigenvalue weighted by atomic mass is 79.9. The molecule has 1 unspecified atom stereocenters. The summed E-state index contributed by atoms with van der Waals surface area (Å²) in [5.74, 6) is -3.55. The molecule has 19 heavy (non-hydrogen) atoms. The van der Waals surface area contributed by atoms with Gasteiger partial charge in [0.2, 0.25) is 11.8 Å². The molecule has 0 heterocycles. The first-order valence-corrected chi connectivity index (χ1v) is 7.46. The predicted octanol–water partition coefficient (Wildman–Crippen LogP) is 4.00. The second-order valence-electron chi connectivity index (χ2n) is 4.92. The van der Waals surface area contributed by atoms with Crippen LogP contribution in [0.15, 0.2) is 24.3 Å². The molecule has 2 nitrogen and oxygen atoms in total. The molecule has 0 aromatic heterocycles. The SMILES string of the molecule is O=C(Nc1ccc(CCBr)cc1)C1CCC(F)(F)C1. The van der Waals surface area contributed by atoms with E-state index < -0.39 is 11.8 Å². The topological polar surface area (TPSA) is 29.1 Å². The number of rotatable bonds is 4. The normalized spacial score (nSPS) is 21.3. The Balaban J connectivity index is 1.92. The van der Waals surface area contributed by atoms with Gasteiger partial charge in [-0.3, -0.25) is 4.79 Å². The van der Waals surface area contributed by atoms with Crippen LogP contribution < -0.4 is 5.32 Å². The van der Waals surface area contributed by atoms with Gasteiger partial charge in [-0.05, 0) is 30.5 Å². The fourth-order valence-corrected chi connectivity index (χ4v) is 2.74. The number of halogens is 3. The van der Waals surface area contributed by atoms with Crippen molar-refractivity contribution in [1.82, 2.24) is 0 Å². The number of anilines is 1. The van der Waals surface area contributed by atoms with Crippen molar-refractivity contribution in [3.63, 3.8) is 0 Å². The van der Waals surface area contributed by atoms with Gasteiger partial charge in [-0.15, -0.1) is 0 Å². The van der Waals surface area contributed by atoms with E-state index in [1.165, 1.54) is 5.56 Å². The van der Waals surface area contributed by atoms with Crippen LogP contribution >= 0.6 is 15.9 Å². The molecular weight excluding hydrogens is 316 g/mol. The maximum Gasteiger partial charge on any atom is 0.248 e. The van der Waals surface area contributed by atoms with Crippen LogP contribution in [0.3, 0.4) is 0 Å². The number of alkyl halides is 3. The van der Waals surface area contributed by atoms with Crippen LogP contribution in [0.25, 0.3) is 0 Å². The minimum absolute atomic E-state index is 0.185. The number of carbonyl (C=O) groups excluding carboxylic acids is 1. The molecule has 1 aromatic carbocycles. The lowest BCUT2D eigenvalue weighted by Crippen LogP contribution is -2.22. The highest BCUT2D eigenvalue weighted by Crippen LogP contribution is 2.39. The molecule has 0 radical (unpaired) electrons. The molecule has 1 saturated carbocycles. The van der Waals surface area contributed by atoms with E-state index in [2.05, 4.69) is 21.2 Å². The summed E-state index contributed by atoms with van der Waals surface area (Å²) in [7, 11) is 0. The molecule has 1 atom stereocenters. The lowest BCUT2D eigenvalue weighted by atomic mass is 10.1. The van der Waals surface area contributed by atoms with Gasteiger partial charge < -0.3 is 5.32 Å². The van der Waals surface area contributed by atoms with Crippen molar-refractivity contribution >= 4 is 27.5 Å². The zero-order valence-corrected chi connectivity index (χ0v) is 12.1. The summed E-state index contributed by atoms with van der Waals surface area (Å²) in [6.07, 6.45) is 0.666. The lowest BCUT2D eigenvalue weighted by Gasteiger charge is -2.11. The molecular formula is C14H16BrF2NO. The van der Waals surface area contributed by atoms with Gasteiger partial charge >= 0.3 is 0 Å². The van der Waals surface area contributed by atoms with Crippen LogP contribution in [0, 0.1) is 5.92 Å². The van der Waals surface area contributed by atoms with Crippen molar-refractivity contribution in [2.75, 3.05) is 10.6 Å². The van der Waals surface area contributed by atoms with Crippen LogP contribution in [0.2, 0.25) is 0 Å². The monoisotopic (exact) mass is 331 g/mol. The number of nitrogens with one attached hydrogen (secondary N) is 1. The molecule has 0 saturated heterocycles. The number of hydrogen-bond acceptors (Lipinski definition) is 1. The quantitative estimate of drug-likeness (QED) is 0.830. The molecule has 1 fully saturated rings. The Morgan fingerprint density at radius 2 is 2.05 bits per heavy atom. The molecule has 1 aliphatic rings. The van der Waals surface area contributed by atoms with Gasteiger partial charge in [-0.2, -0.15) is 0 Å². The van der Waals surface area contributed by atoms with Crippen molar-refractivity contribution in [1.29, 1.82) is 0 Å². The second kappa shape index (κ2) is 5.99. The largest absolute Gasteiger partial charge is 0.326 e. The van der Waals surface area contributed by atoms with E-state index in [1.54, 1.807) is 0 Å². The number of amides is 1. The van der Waals surface area contributed by atoms with Crippen LogP contribution in [0.4, 0.5) is 14.5 Å². The number of carbonyl (C=O) groups is 1. The molecule has 0 spiro atoms. The Bertz CT molecular complexity index is 447. The highest BCUT2D eigenvalue weighted by Gasteiger charge is 2.42. The zero-order valence-electron chi connectivity index (χ0n) is 10.5. The third-order valence-corrected chi connectivity index (χ3v) is 3.78. The Morgan fingerprint density at radius 1 is 1.37 bits per heavy atom. The molecule has 2 rings (SSSR count). The number of hydrogen-bond donors (Lipinski definition) is 1. The van der Waals surface area contributed by atoms with E-state index in [0.717, 1.165) is 11.8 Å². The first-order valence-electron chi connectivity index (χ1n) is 6.34. The third-order valence-electron chi connectivity index (χ3n) is 3.38. The summed E-state index contributed by atoms with van der Waals surface area (Å²) >= 11 is 3.36. The van der Waals surface area contributed by atoms with Crippen molar-refractivity contribution < 1.29 is 13.6 Å². The minimum Gasteiger partial charge on any atom is -0.326 e. The molecule has 5 heteroatoms. The van der Waals surface area contributed by atoms with Crippen molar-refractivity contribution in [2.24, 2.45) is 5.92 Å². The third kappa shape index (κ3) is 4.00. The second-order valence-corrected chi connectivity index (χ2v) is 5.71. The van der Waals surface area contributed by atoms with Crippen LogP contribution in [0.1, 0.15) is 24.8 Å². The van der Waals surface area contributed by atoms with Gasteiger partial charge in [0.05, 0.1) is 0 Å². The average molecular weight is 332 g/mol. The van der Waals surface area contributed by atoms with E-state index in [1.807, 2.05) is 24.3 Å². The first-order chi connectivity index (χ1) is 9.00. The molecule has 1 aliphatic carbocycles. The van der Waals surface area contributed by atoms with Gasteiger partial charge in [0, 0.05) is 29.8 Å². The fraction of sp³-hybridized carbons (Fsp3) is 0.500. The zero-order chi connectivity index (χ0) is 13.9. The summed E-state index contributed by atoms with van der Waals surface area (Å²) in [4.78, 5) is 11.9. The van der Waals surface area contributed by atoms with Gasteiger partial charge in [-0.1, -0.05) is 28.1 Å². The summed E-state index contributed by atoms with van der Waals surface area (Å²) in [5, 5.41) is 3.59. The van der Waals surface area contributed by atoms with E-state index in [0.29, 0.717) is 5.69 Å². The molecule has 104 valence electrons. The minimum atomic E-state index is -2.68. The van der Waals surface area contributed by atoms with E-state index in [4.69, 9.17) is 0 Å². The van der Waals surface area contributed by atoms with Crippen molar-refractivity contribution in [3.05, 3.63) is 29.8 Å². The van der Waals surface area contributed by atoms with Crippen LogP contribution in [-0.4, -0.2) is 17.2 Å². The predicted molar refractivity (Wildman–Crippen MR) is 74.9 cm³/mol. The smallest absolute Gasteiger partial charge is 0.248 e. The average Bonchev–Trinajstić information content (AvgIpc) is 2.73. The van der Waals surface area contributed by atoms with Gasteiger partial charge in [0.25, 0.3) is 0 Å². The Morgan fingerprint density at radius 3 is 2.58 bits per heavy atom. The van der Waals surface area contributed by atoms with Crippen molar-refractivity contribution in [3.8, 4) is 0 Å². The molecule has 1 amide bonds. The van der Waals surface area contributed by atoms with E-state index in [-0.39, 0.29) is 25.2 Å². The van der Waals surface area contributed by atoms with Crippen molar-refractivity contribution in [2.45, 2.75) is 31.6 Å². The summed E-state index contributed by atoms with van der Waals surface area (Å²) in [6, 6.07) is 7.48. The summed E-state index contributed by atoms with van der Waals surface area (Å²) in [6.45, 7) is 0. The standard InChI is InChI=1S/C14H16BrF2NO/c15-8-6-10-1-3-12(4-2-10)18-13(19)11-5-7-14(16,17)9-11/h1-4,11H,5-9H2,(H,18,19). The fourth-order valence-electron chi connectivity index (χ4n) is 2.28. The molecule has 0 aliphatic heterocycles. The van der Waals surface area contributed by atoms with Gasteiger partial charge in [0.15, 0.2) is 0 Å². The van der Waals surface area contributed by atoms with Crippen LogP contribution in [-0.2, 0) is 11.2 Å². The maximum absolute atomic E-state index is 13.0. The Labute approximate surface area is 119 Å². The summed E-state index contributed by atoms with van der Waals surface area (Å²) < 4.78 is 26.1. The first kappa shape index (κ1) is 14.4. The Hall–Kier alpha value is -0.970. The maximum atomic E-state index is 13.0. The van der Waals surface area contributed by atoms with E-state index >= 15 is 0 Å². The Kier molecular flexibility index (Phi) is 4.55. The molecule has 0 bridgehead atoms. The highest BCUT2D eigenvalue weighted by molar-refractivity contribution is 9.09. The summed E-state index contributed by atoms with van der Waals surface area (Å²) in [5.41, 5.74) is 1.83. The molecule has 1 N–H and O–H groups in total. The van der Waals surface area contributed by atoms with Gasteiger partial charge in [0.1, 0.15) is 0 Å². The molecule has 1 aromatic rings. The number of aryl methyl sites for hydroxylation is 1.